The van der Waals surface area contributed by atoms with Gasteiger partial charge in [-0.15, -0.1) is 6.58 Å². The van der Waals surface area contributed by atoms with E-state index in [2.05, 4.69) is 28.7 Å². The van der Waals surface area contributed by atoms with Crippen molar-refractivity contribution in [3.8, 4) is 0 Å². The molecule has 5 nitrogen and oxygen atoms in total. The molecule has 0 aromatic heterocycles. The molecule has 0 radical (unpaired) electrons. The highest BCUT2D eigenvalue weighted by Crippen LogP contribution is 2.18. The smallest absolute Gasteiger partial charge is 0.253 e. The summed E-state index contributed by atoms with van der Waals surface area (Å²) in [4.78, 5) is 19.6. The molecule has 1 aromatic carbocycles. The van der Waals surface area contributed by atoms with Gasteiger partial charge in [0.05, 0.1) is 0 Å². The number of nitrogens with zero attached hydrogens (tertiary/aromatic N) is 3. The zero-order chi connectivity index (χ0) is 16.2. The topological polar surface area (TPSA) is 38.8 Å². The number of piperazine rings is 2. The van der Waals surface area contributed by atoms with E-state index in [1.165, 1.54) is 0 Å². The zero-order valence-corrected chi connectivity index (χ0v) is 13.9. The molecule has 23 heavy (non-hydrogen) atoms. The summed E-state index contributed by atoms with van der Waals surface area (Å²) in [5, 5.41) is 3.23. The van der Waals surface area contributed by atoms with Gasteiger partial charge in [-0.05, 0) is 31.3 Å². The van der Waals surface area contributed by atoms with Gasteiger partial charge < -0.3 is 15.1 Å². The van der Waals surface area contributed by atoms with Crippen LogP contribution in [0.5, 0.6) is 0 Å². The number of nitrogens with one attached hydrogen (secondary N) is 1. The van der Waals surface area contributed by atoms with Crippen molar-refractivity contribution >= 4 is 11.6 Å². The minimum absolute atomic E-state index is 0.146. The Labute approximate surface area is 138 Å². The Morgan fingerprint density at radius 3 is 2.70 bits per heavy atom. The van der Waals surface area contributed by atoms with Crippen molar-refractivity contribution in [2.45, 2.75) is 6.04 Å². The molecule has 2 heterocycles. The molecule has 1 atom stereocenters. The largest absolute Gasteiger partial charge is 0.382 e. The number of benzene rings is 1. The normalized spacial score (nSPS) is 22.5. The van der Waals surface area contributed by atoms with Gasteiger partial charge in [-0.2, -0.15) is 0 Å². The molecule has 1 amide bonds. The first-order chi connectivity index (χ1) is 11.2. The Morgan fingerprint density at radius 1 is 1.22 bits per heavy atom. The van der Waals surface area contributed by atoms with Crippen LogP contribution >= 0.6 is 0 Å². The van der Waals surface area contributed by atoms with Gasteiger partial charge in [0.15, 0.2) is 0 Å². The number of carbonyl (C=O) groups is 1. The third-order valence-corrected chi connectivity index (χ3v) is 4.77. The van der Waals surface area contributed by atoms with Crippen molar-refractivity contribution in [1.82, 2.24) is 14.7 Å². The average Bonchev–Trinajstić information content (AvgIpc) is 2.59. The lowest BCUT2D eigenvalue weighted by atomic mass is 10.1. The van der Waals surface area contributed by atoms with Gasteiger partial charge in [0.1, 0.15) is 0 Å². The van der Waals surface area contributed by atoms with E-state index in [9.17, 15) is 4.79 Å². The first-order valence-electron chi connectivity index (χ1n) is 8.34. The van der Waals surface area contributed by atoms with Gasteiger partial charge in [-0.1, -0.05) is 6.08 Å². The second-order valence-electron chi connectivity index (χ2n) is 6.45. The van der Waals surface area contributed by atoms with Crippen LogP contribution in [0.4, 0.5) is 5.69 Å². The maximum absolute atomic E-state index is 12.7. The fourth-order valence-corrected chi connectivity index (χ4v) is 3.40. The van der Waals surface area contributed by atoms with E-state index >= 15 is 0 Å². The molecule has 0 spiro atoms. The van der Waals surface area contributed by atoms with Gasteiger partial charge in [0.25, 0.3) is 5.91 Å². The molecule has 0 aliphatic carbocycles. The van der Waals surface area contributed by atoms with Crippen LogP contribution < -0.4 is 5.32 Å². The van der Waals surface area contributed by atoms with E-state index in [4.69, 9.17) is 0 Å². The van der Waals surface area contributed by atoms with Gasteiger partial charge in [0, 0.05) is 63.1 Å². The lowest BCUT2D eigenvalue weighted by Crippen LogP contribution is -2.62. The fraction of sp³-hybridized carbons (Fsp3) is 0.500. The zero-order valence-electron chi connectivity index (χ0n) is 13.9. The predicted molar refractivity (Wildman–Crippen MR) is 93.9 cm³/mol. The molecule has 5 heteroatoms. The van der Waals surface area contributed by atoms with Crippen LogP contribution in [0.25, 0.3) is 0 Å². The Kier molecular flexibility index (Phi) is 4.98. The number of hydrogen-bond donors (Lipinski definition) is 1. The quantitative estimate of drug-likeness (QED) is 0.852. The summed E-state index contributed by atoms with van der Waals surface area (Å²) in [5.41, 5.74) is 1.78. The van der Waals surface area contributed by atoms with E-state index in [1.807, 2.05) is 35.2 Å². The standard InChI is InChI=1S/C18H26N4O/c1-3-8-19-16-6-4-15(5-7-16)18(23)22-12-11-21-10-9-20(2)13-17(21)14-22/h3-7,17,19H,1,8-14H2,2H3. The number of likely N-dealkylation sites (N-methyl/N-ethyl adjacent to an activating group) is 1. The SMILES string of the molecule is C=CCNc1ccc(C(=O)N2CCN3CCN(C)CC3C2)cc1. The van der Waals surface area contributed by atoms with Gasteiger partial charge >= 0.3 is 0 Å². The van der Waals surface area contributed by atoms with E-state index in [-0.39, 0.29) is 5.91 Å². The number of anilines is 1. The molecule has 1 N–H and O–H groups in total. The summed E-state index contributed by atoms with van der Waals surface area (Å²) in [6, 6.07) is 8.21. The van der Waals surface area contributed by atoms with Crippen LogP contribution in [0.2, 0.25) is 0 Å². The minimum Gasteiger partial charge on any atom is -0.382 e. The summed E-state index contributed by atoms with van der Waals surface area (Å²) in [5.74, 6) is 0.146. The highest BCUT2D eigenvalue weighted by Gasteiger charge is 2.32. The van der Waals surface area contributed by atoms with Crippen LogP contribution in [0.15, 0.2) is 36.9 Å². The van der Waals surface area contributed by atoms with E-state index in [0.29, 0.717) is 6.04 Å². The minimum atomic E-state index is 0.146. The van der Waals surface area contributed by atoms with Crippen LogP contribution in [0.3, 0.4) is 0 Å². The molecule has 2 aliphatic heterocycles. The van der Waals surface area contributed by atoms with E-state index < -0.39 is 0 Å². The van der Waals surface area contributed by atoms with Crippen LogP contribution in [-0.2, 0) is 0 Å². The Bertz CT molecular complexity index is 557. The predicted octanol–water partition coefficient (Wildman–Crippen LogP) is 1.36. The van der Waals surface area contributed by atoms with Crippen LogP contribution in [0, 0.1) is 0 Å². The third kappa shape index (κ3) is 3.74. The van der Waals surface area contributed by atoms with Crippen LogP contribution in [-0.4, -0.2) is 79.5 Å². The summed E-state index contributed by atoms with van der Waals surface area (Å²) >= 11 is 0. The molecular formula is C18H26N4O. The molecule has 3 rings (SSSR count). The Balaban J connectivity index is 1.62. The monoisotopic (exact) mass is 314 g/mol. The number of rotatable bonds is 4. The van der Waals surface area contributed by atoms with E-state index in [0.717, 1.165) is 57.1 Å². The average molecular weight is 314 g/mol. The van der Waals surface area contributed by atoms with Gasteiger partial charge in [0.2, 0.25) is 0 Å². The number of fused-ring (bicyclic) bond motifs is 1. The van der Waals surface area contributed by atoms with Gasteiger partial charge in [-0.25, -0.2) is 0 Å². The molecule has 124 valence electrons. The maximum atomic E-state index is 12.7. The first kappa shape index (κ1) is 16.0. The van der Waals surface area contributed by atoms with Crippen molar-refractivity contribution in [2.24, 2.45) is 0 Å². The molecule has 2 fully saturated rings. The van der Waals surface area contributed by atoms with Crippen molar-refractivity contribution < 1.29 is 4.79 Å². The lowest BCUT2D eigenvalue weighted by Gasteiger charge is -2.46. The third-order valence-electron chi connectivity index (χ3n) is 4.77. The van der Waals surface area contributed by atoms with Crippen molar-refractivity contribution in [2.75, 3.05) is 58.2 Å². The van der Waals surface area contributed by atoms with Crippen molar-refractivity contribution in [1.29, 1.82) is 0 Å². The summed E-state index contributed by atoms with van der Waals surface area (Å²) in [6.45, 7) is 10.4. The first-order valence-corrected chi connectivity index (χ1v) is 8.34. The number of hydrogen-bond acceptors (Lipinski definition) is 4. The molecular weight excluding hydrogens is 288 g/mol. The molecule has 1 aromatic rings. The summed E-state index contributed by atoms with van der Waals surface area (Å²) in [6.07, 6.45) is 1.82. The Hall–Kier alpha value is -1.85. The molecule has 2 saturated heterocycles. The molecule has 2 aliphatic rings. The Morgan fingerprint density at radius 2 is 1.96 bits per heavy atom. The second kappa shape index (κ2) is 7.15. The van der Waals surface area contributed by atoms with Gasteiger partial charge in [-0.3, -0.25) is 9.69 Å². The highest BCUT2D eigenvalue weighted by molar-refractivity contribution is 5.94. The molecule has 0 bridgehead atoms. The summed E-state index contributed by atoms with van der Waals surface area (Å²) in [7, 11) is 2.16. The summed E-state index contributed by atoms with van der Waals surface area (Å²) < 4.78 is 0. The highest BCUT2D eigenvalue weighted by atomic mass is 16.2. The molecule has 1 unspecified atom stereocenters. The van der Waals surface area contributed by atoms with Crippen LogP contribution in [0.1, 0.15) is 10.4 Å². The number of amides is 1. The fourth-order valence-electron chi connectivity index (χ4n) is 3.40. The second-order valence-corrected chi connectivity index (χ2v) is 6.45. The van der Waals surface area contributed by atoms with Crippen molar-refractivity contribution in [3.63, 3.8) is 0 Å². The number of carbonyl (C=O) groups excluding carboxylic acids is 1. The lowest BCUT2D eigenvalue weighted by molar-refractivity contribution is 0.0190. The molecule has 0 saturated carbocycles. The maximum Gasteiger partial charge on any atom is 0.253 e. The van der Waals surface area contributed by atoms with E-state index in [1.54, 1.807) is 0 Å². The van der Waals surface area contributed by atoms with Crippen molar-refractivity contribution in [3.05, 3.63) is 42.5 Å².